The number of amides is 1. The summed E-state index contributed by atoms with van der Waals surface area (Å²) in [6, 6.07) is 5.90. The number of carbonyl (C=O) groups is 1. The third-order valence-corrected chi connectivity index (χ3v) is 3.96. The lowest BCUT2D eigenvalue weighted by molar-refractivity contribution is -0.130. The lowest BCUT2D eigenvalue weighted by Gasteiger charge is -2.29. The van der Waals surface area contributed by atoms with Crippen LogP contribution in [-0.2, 0) is 11.2 Å². The van der Waals surface area contributed by atoms with Gasteiger partial charge in [0.25, 0.3) is 0 Å². The van der Waals surface area contributed by atoms with Crippen LogP contribution in [0.3, 0.4) is 0 Å². The van der Waals surface area contributed by atoms with Gasteiger partial charge < -0.3 is 10.0 Å². The van der Waals surface area contributed by atoms with Gasteiger partial charge in [-0.05, 0) is 49.1 Å². The average molecular weight is 276 g/mol. The van der Waals surface area contributed by atoms with E-state index in [4.69, 9.17) is 0 Å². The van der Waals surface area contributed by atoms with Gasteiger partial charge in [-0.15, -0.1) is 0 Å². The standard InChI is InChI=1S/C16H24N2O2/c1-4-9-18(11-16(20)17(2)3)15-8-5-12-10-13(19)6-7-14(12)15/h6-7,10,15,19H,4-5,8-9,11H2,1-3H3. The van der Waals surface area contributed by atoms with Gasteiger partial charge in [-0.2, -0.15) is 0 Å². The molecule has 0 radical (unpaired) electrons. The third kappa shape index (κ3) is 3.12. The van der Waals surface area contributed by atoms with Gasteiger partial charge in [0.15, 0.2) is 0 Å². The molecule has 1 aliphatic rings. The SMILES string of the molecule is CCCN(CC(=O)N(C)C)C1CCc2cc(O)ccc21. The number of rotatable bonds is 5. The Bertz CT molecular complexity index is 485. The Morgan fingerprint density at radius 3 is 2.80 bits per heavy atom. The minimum Gasteiger partial charge on any atom is -0.508 e. The number of hydrogen-bond donors (Lipinski definition) is 1. The molecule has 0 aromatic heterocycles. The molecule has 1 N–H and O–H groups in total. The molecule has 0 bridgehead atoms. The molecule has 1 amide bonds. The van der Waals surface area contributed by atoms with Crippen LogP contribution in [0, 0.1) is 0 Å². The van der Waals surface area contributed by atoms with E-state index in [0.29, 0.717) is 18.3 Å². The maximum absolute atomic E-state index is 12.0. The number of fused-ring (bicyclic) bond motifs is 1. The monoisotopic (exact) mass is 276 g/mol. The van der Waals surface area contributed by atoms with Gasteiger partial charge in [0.1, 0.15) is 5.75 Å². The maximum atomic E-state index is 12.0. The molecule has 4 heteroatoms. The van der Waals surface area contributed by atoms with E-state index in [1.54, 1.807) is 25.1 Å². The number of carbonyl (C=O) groups excluding carboxylic acids is 1. The van der Waals surface area contributed by atoms with E-state index in [1.807, 2.05) is 12.1 Å². The second-order valence-corrected chi connectivity index (χ2v) is 5.70. The first-order chi connectivity index (χ1) is 9.52. The van der Waals surface area contributed by atoms with E-state index in [-0.39, 0.29) is 5.91 Å². The van der Waals surface area contributed by atoms with Crippen LogP contribution >= 0.6 is 0 Å². The molecule has 110 valence electrons. The predicted octanol–water partition coefficient (Wildman–Crippen LogP) is 2.18. The smallest absolute Gasteiger partial charge is 0.236 e. The summed E-state index contributed by atoms with van der Waals surface area (Å²) in [5.41, 5.74) is 2.48. The molecule has 1 atom stereocenters. The van der Waals surface area contributed by atoms with Crippen LogP contribution in [0.2, 0.25) is 0 Å². The normalized spacial score (nSPS) is 17.3. The predicted molar refractivity (Wildman–Crippen MR) is 79.7 cm³/mol. The van der Waals surface area contributed by atoms with Crippen molar-refractivity contribution in [3.8, 4) is 5.75 Å². The minimum atomic E-state index is 0.144. The Labute approximate surface area is 121 Å². The molecule has 20 heavy (non-hydrogen) atoms. The van der Waals surface area contributed by atoms with Crippen molar-refractivity contribution in [1.29, 1.82) is 0 Å². The summed E-state index contributed by atoms with van der Waals surface area (Å²) in [4.78, 5) is 15.9. The van der Waals surface area contributed by atoms with Crippen LogP contribution < -0.4 is 0 Å². The van der Waals surface area contributed by atoms with Gasteiger partial charge in [0.2, 0.25) is 5.91 Å². The van der Waals surface area contributed by atoms with Gasteiger partial charge in [-0.1, -0.05) is 13.0 Å². The van der Waals surface area contributed by atoms with E-state index >= 15 is 0 Å². The van der Waals surface area contributed by atoms with Crippen molar-refractivity contribution < 1.29 is 9.90 Å². The summed E-state index contributed by atoms with van der Waals surface area (Å²) in [5, 5.41) is 9.57. The lowest BCUT2D eigenvalue weighted by Crippen LogP contribution is -2.38. The first-order valence-electron chi connectivity index (χ1n) is 7.29. The molecule has 1 aliphatic carbocycles. The second-order valence-electron chi connectivity index (χ2n) is 5.70. The highest BCUT2D eigenvalue weighted by Crippen LogP contribution is 2.37. The van der Waals surface area contributed by atoms with Crippen molar-refractivity contribution in [2.75, 3.05) is 27.2 Å². The summed E-state index contributed by atoms with van der Waals surface area (Å²) < 4.78 is 0. The zero-order chi connectivity index (χ0) is 14.7. The highest BCUT2D eigenvalue weighted by atomic mass is 16.3. The molecule has 0 fully saturated rings. The zero-order valence-electron chi connectivity index (χ0n) is 12.6. The minimum absolute atomic E-state index is 0.144. The summed E-state index contributed by atoms with van der Waals surface area (Å²) >= 11 is 0. The Morgan fingerprint density at radius 1 is 1.40 bits per heavy atom. The van der Waals surface area contributed by atoms with Crippen molar-refractivity contribution in [3.63, 3.8) is 0 Å². The van der Waals surface area contributed by atoms with Crippen LogP contribution in [0.5, 0.6) is 5.75 Å². The number of aromatic hydroxyl groups is 1. The molecule has 0 saturated heterocycles. The molecule has 1 aromatic carbocycles. The van der Waals surface area contributed by atoms with Crippen molar-refractivity contribution in [2.45, 2.75) is 32.2 Å². The maximum Gasteiger partial charge on any atom is 0.236 e. The topological polar surface area (TPSA) is 43.8 Å². The molecule has 1 aromatic rings. The fourth-order valence-electron chi connectivity index (χ4n) is 2.91. The van der Waals surface area contributed by atoms with Crippen LogP contribution in [-0.4, -0.2) is 48.0 Å². The van der Waals surface area contributed by atoms with Crippen LogP contribution in [0.4, 0.5) is 0 Å². The van der Waals surface area contributed by atoms with E-state index < -0.39 is 0 Å². The van der Waals surface area contributed by atoms with Crippen LogP contribution in [0.15, 0.2) is 18.2 Å². The van der Waals surface area contributed by atoms with Crippen LogP contribution in [0.25, 0.3) is 0 Å². The van der Waals surface area contributed by atoms with Gasteiger partial charge in [0, 0.05) is 20.1 Å². The number of aryl methyl sites for hydroxylation is 1. The molecule has 0 saturated carbocycles. The Morgan fingerprint density at radius 2 is 2.15 bits per heavy atom. The van der Waals surface area contributed by atoms with Gasteiger partial charge in [0.05, 0.1) is 6.54 Å². The Kier molecular flexibility index (Phi) is 4.65. The van der Waals surface area contributed by atoms with E-state index in [1.165, 1.54) is 11.1 Å². The Hall–Kier alpha value is -1.55. The van der Waals surface area contributed by atoms with Crippen LogP contribution in [0.1, 0.15) is 36.9 Å². The molecule has 4 nitrogen and oxygen atoms in total. The van der Waals surface area contributed by atoms with Gasteiger partial charge in [-0.3, -0.25) is 9.69 Å². The third-order valence-electron chi connectivity index (χ3n) is 3.96. The quantitative estimate of drug-likeness (QED) is 0.896. The molecule has 1 unspecified atom stereocenters. The Balaban J connectivity index is 2.18. The molecule has 0 heterocycles. The fourth-order valence-corrected chi connectivity index (χ4v) is 2.91. The summed E-state index contributed by atoms with van der Waals surface area (Å²) in [7, 11) is 3.60. The summed E-state index contributed by atoms with van der Waals surface area (Å²) in [6.45, 7) is 3.52. The number of benzene rings is 1. The molecule has 2 rings (SSSR count). The number of hydrogen-bond acceptors (Lipinski definition) is 3. The second kappa shape index (κ2) is 6.27. The number of phenolic OH excluding ortho intramolecular Hbond substituents is 1. The summed E-state index contributed by atoms with van der Waals surface area (Å²) in [6.07, 6.45) is 3.04. The molecule has 0 spiro atoms. The number of phenols is 1. The molecular formula is C16H24N2O2. The van der Waals surface area contributed by atoms with E-state index in [2.05, 4.69) is 11.8 Å². The number of nitrogens with zero attached hydrogens (tertiary/aromatic N) is 2. The molecular weight excluding hydrogens is 252 g/mol. The lowest BCUT2D eigenvalue weighted by atomic mass is 10.1. The largest absolute Gasteiger partial charge is 0.508 e. The van der Waals surface area contributed by atoms with Gasteiger partial charge >= 0.3 is 0 Å². The summed E-state index contributed by atoms with van der Waals surface area (Å²) in [5.74, 6) is 0.474. The number of likely N-dealkylation sites (N-methyl/N-ethyl adjacent to an activating group) is 1. The van der Waals surface area contributed by atoms with Crippen molar-refractivity contribution >= 4 is 5.91 Å². The fraction of sp³-hybridized carbons (Fsp3) is 0.562. The van der Waals surface area contributed by atoms with Crippen molar-refractivity contribution in [1.82, 2.24) is 9.80 Å². The van der Waals surface area contributed by atoms with Gasteiger partial charge in [-0.25, -0.2) is 0 Å². The van der Waals surface area contributed by atoms with Crippen molar-refractivity contribution in [3.05, 3.63) is 29.3 Å². The van der Waals surface area contributed by atoms with E-state index in [0.717, 1.165) is 25.8 Å². The first kappa shape index (κ1) is 14.9. The highest BCUT2D eigenvalue weighted by Gasteiger charge is 2.29. The zero-order valence-corrected chi connectivity index (χ0v) is 12.6. The first-order valence-corrected chi connectivity index (χ1v) is 7.29. The van der Waals surface area contributed by atoms with E-state index in [9.17, 15) is 9.90 Å². The average Bonchev–Trinajstić information content (AvgIpc) is 2.80. The highest BCUT2D eigenvalue weighted by molar-refractivity contribution is 5.77. The van der Waals surface area contributed by atoms with Crippen molar-refractivity contribution in [2.24, 2.45) is 0 Å². The molecule has 0 aliphatic heterocycles.